The van der Waals surface area contributed by atoms with E-state index in [1.807, 2.05) is 24.3 Å². The number of hydrogen-bond acceptors (Lipinski definition) is 2. The third-order valence-corrected chi connectivity index (χ3v) is 3.82. The molecule has 1 aliphatic rings. The van der Waals surface area contributed by atoms with Crippen LogP contribution >= 0.6 is 11.6 Å². The predicted molar refractivity (Wildman–Crippen MR) is 71.4 cm³/mol. The zero-order chi connectivity index (χ0) is 12.4. The molecule has 1 fully saturated rings. The Morgan fingerprint density at radius 1 is 1.12 bits per heavy atom. The van der Waals surface area contributed by atoms with E-state index >= 15 is 0 Å². The molecule has 4 unspecified atom stereocenters. The molecule has 0 radical (unpaired) electrons. The highest BCUT2D eigenvalue weighted by Gasteiger charge is 2.28. The van der Waals surface area contributed by atoms with E-state index in [9.17, 15) is 0 Å². The van der Waals surface area contributed by atoms with Crippen LogP contribution in [-0.2, 0) is 4.74 Å². The minimum atomic E-state index is 0.111. The fourth-order valence-electron chi connectivity index (χ4n) is 2.25. The second-order valence-corrected chi connectivity index (χ2v) is 5.46. The molecular formula is C14H20ClNO. The van der Waals surface area contributed by atoms with Crippen LogP contribution in [0.2, 0.25) is 5.02 Å². The minimum Gasteiger partial charge on any atom is -0.372 e. The van der Waals surface area contributed by atoms with Crippen LogP contribution in [0.25, 0.3) is 0 Å². The van der Waals surface area contributed by atoms with Gasteiger partial charge in [-0.15, -0.1) is 0 Å². The highest BCUT2D eigenvalue weighted by Crippen LogP contribution is 2.27. The first-order valence-corrected chi connectivity index (χ1v) is 6.59. The third-order valence-electron chi connectivity index (χ3n) is 3.57. The first-order chi connectivity index (χ1) is 8.08. The van der Waals surface area contributed by atoms with Crippen LogP contribution in [0.15, 0.2) is 24.3 Å². The summed E-state index contributed by atoms with van der Waals surface area (Å²) in [5.41, 5.74) is 1.19. The third kappa shape index (κ3) is 3.01. The van der Waals surface area contributed by atoms with E-state index in [4.69, 9.17) is 16.3 Å². The smallest absolute Gasteiger partial charge is 0.0975 e. The van der Waals surface area contributed by atoms with Crippen LogP contribution in [0.1, 0.15) is 32.4 Å². The predicted octanol–water partition coefficient (Wildman–Crippen LogP) is 3.41. The van der Waals surface area contributed by atoms with E-state index < -0.39 is 0 Å². The van der Waals surface area contributed by atoms with Crippen molar-refractivity contribution >= 4 is 11.6 Å². The second-order valence-electron chi connectivity index (χ2n) is 5.03. The molecule has 1 saturated heterocycles. The number of ether oxygens (including phenoxy) is 1. The summed E-state index contributed by atoms with van der Waals surface area (Å²) in [5, 5.41) is 4.36. The van der Waals surface area contributed by atoms with Gasteiger partial charge in [0, 0.05) is 17.1 Å². The molecule has 17 heavy (non-hydrogen) atoms. The maximum atomic E-state index is 6.02. The Morgan fingerprint density at radius 3 is 2.41 bits per heavy atom. The van der Waals surface area contributed by atoms with Crippen molar-refractivity contribution in [1.29, 1.82) is 0 Å². The van der Waals surface area contributed by atoms with Gasteiger partial charge in [-0.25, -0.2) is 0 Å². The lowest BCUT2D eigenvalue weighted by Gasteiger charge is -2.24. The average Bonchev–Trinajstić information content (AvgIpc) is 2.42. The fourth-order valence-corrected chi connectivity index (χ4v) is 2.37. The Bertz CT molecular complexity index is 365. The molecule has 1 heterocycles. The summed E-state index contributed by atoms with van der Waals surface area (Å²) < 4.78 is 6.02. The van der Waals surface area contributed by atoms with Crippen LogP contribution in [-0.4, -0.2) is 18.7 Å². The molecule has 94 valence electrons. The van der Waals surface area contributed by atoms with Crippen molar-refractivity contribution in [3.63, 3.8) is 0 Å². The molecule has 1 aromatic rings. The lowest BCUT2D eigenvalue weighted by molar-refractivity contribution is 0.0330. The molecule has 1 aliphatic heterocycles. The van der Waals surface area contributed by atoms with E-state index in [0.717, 1.165) is 11.6 Å². The van der Waals surface area contributed by atoms with Crippen molar-refractivity contribution in [3.8, 4) is 0 Å². The van der Waals surface area contributed by atoms with Crippen molar-refractivity contribution in [2.75, 3.05) is 6.61 Å². The summed E-state index contributed by atoms with van der Waals surface area (Å²) in [6.07, 6.45) is 0.111. The summed E-state index contributed by atoms with van der Waals surface area (Å²) in [5.74, 6) is 0.537. The van der Waals surface area contributed by atoms with Gasteiger partial charge in [0.25, 0.3) is 0 Å². The molecule has 3 heteroatoms. The SMILES string of the molecule is CC1COC(c2ccc(Cl)cc2)C(C)NC1C. The number of rotatable bonds is 1. The molecule has 0 spiro atoms. The minimum absolute atomic E-state index is 0.111. The van der Waals surface area contributed by atoms with Gasteiger partial charge in [-0.1, -0.05) is 30.7 Å². The van der Waals surface area contributed by atoms with Gasteiger partial charge in [0.1, 0.15) is 0 Å². The maximum Gasteiger partial charge on any atom is 0.0975 e. The summed E-state index contributed by atoms with van der Waals surface area (Å²) in [4.78, 5) is 0. The molecular weight excluding hydrogens is 234 g/mol. The molecule has 0 bridgehead atoms. The van der Waals surface area contributed by atoms with Gasteiger partial charge in [0.15, 0.2) is 0 Å². The highest BCUT2D eigenvalue weighted by atomic mass is 35.5. The van der Waals surface area contributed by atoms with Gasteiger partial charge < -0.3 is 10.1 Å². The summed E-state index contributed by atoms with van der Waals surface area (Å²) in [6, 6.07) is 8.74. The Labute approximate surface area is 108 Å². The summed E-state index contributed by atoms with van der Waals surface area (Å²) in [7, 11) is 0. The standard InChI is InChI=1S/C14H20ClNO/c1-9-8-17-14(11(3)16-10(9)2)12-4-6-13(15)7-5-12/h4-7,9-11,14,16H,8H2,1-3H3. The molecule has 0 aliphatic carbocycles. The Hall–Kier alpha value is -0.570. The molecule has 2 rings (SSSR count). The number of hydrogen-bond donors (Lipinski definition) is 1. The van der Waals surface area contributed by atoms with Crippen LogP contribution in [0.4, 0.5) is 0 Å². The monoisotopic (exact) mass is 253 g/mol. The molecule has 2 nitrogen and oxygen atoms in total. The van der Waals surface area contributed by atoms with Crippen molar-refractivity contribution in [3.05, 3.63) is 34.9 Å². The van der Waals surface area contributed by atoms with Crippen molar-refractivity contribution in [2.45, 2.75) is 39.0 Å². The van der Waals surface area contributed by atoms with Crippen molar-refractivity contribution < 1.29 is 4.74 Å². The first-order valence-electron chi connectivity index (χ1n) is 6.21. The largest absolute Gasteiger partial charge is 0.372 e. The normalized spacial score (nSPS) is 34.4. The Balaban J connectivity index is 2.17. The van der Waals surface area contributed by atoms with Crippen LogP contribution in [0.3, 0.4) is 0 Å². The number of halogens is 1. The van der Waals surface area contributed by atoms with Gasteiger partial charge in [-0.3, -0.25) is 0 Å². The summed E-state index contributed by atoms with van der Waals surface area (Å²) in [6.45, 7) is 7.41. The Kier molecular flexibility index (Phi) is 4.08. The topological polar surface area (TPSA) is 21.3 Å². The van der Waals surface area contributed by atoms with Gasteiger partial charge in [-0.2, -0.15) is 0 Å². The second kappa shape index (κ2) is 5.38. The number of nitrogens with one attached hydrogen (secondary N) is 1. The number of benzene rings is 1. The van der Waals surface area contributed by atoms with E-state index in [1.165, 1.54) is 5.56 Å². The van der Waals surface area contributed by atoms with Gasteiger partial charge in [0.05, 0.1) is 12.7 Å². The van der Waals surface area contributed by atoms with E-state index in [1.54, 1.807) is 0 Å². The Morgan fingerprint density at radius 2 is 1.76 bits per heavy atom. The zero-order valence-corrected chi connectivity index (χ0v) is 11.4. The molecule has 1 aromatic carbocycles. The average molecular weight is 254 g/mol. The zero-order valence-electron chi connectivity index (χ0n) is 10.6. The lowest BCUT2D eigenvalue weighted by Crippen LogP contribution is -2.39. The fraction of sp³-hybridized carbons (Fsp3) is 0.571. The molecule has 4 atom stereocenters. The van der Waals surface area contributed by atoms with Crippen molar-refractivity contribution in [2.24, 2.45) is 5.92 Å². The molecule has 0 amide bonds. The van der Waals surface area contributed by atoms with Gasteiger partial charge >= 0.3 is 0 Å². The van der Waals surface area contributed by atoms with Crippen LogP contribution < -0.4 is 5.32 Å². The highest BCUT2D eigenvalue weighted by molar-refractivity contribution is 6.30. The summed E-state index contributed by atoms with van der Waals surface area (Å²) >= 11 is 5.91. The molecule has 1 N–H and O–H groups in total. The van der Waals surface area contributed by atoms with Crippen LogP contribution in [0.5, 0.6) is 0 Å². The van der Waals surface area contributed by atoms with E-state index in [2.05, 4.69) is 26.1 Å². The first kappa shape index (κ1) is 12.9. The van der Waals surface area contributed by atoms with Gasteiger partial charge in [0.2, 0.25) is 0 Å². The van der Waals surface area contributed by atoms with Gasteiger partial charge in [-0.05, 0) is 37.5 Å². The quantitative estimate of drug-likeness (QED) is 0.828. The molecule has 0 aromatic heterocycles. The van der Waals surface area contributed by atoms with E-state index in [0.29, 0.717) is 18.0 Å². The maximum absolute atomic E-state index is 6.02. The van der Waals surface area contributed by atoms with Crippen molar-refractivity contribution in [1.82, 2.24) is 5.32 Å². The lowest BCUT2D eigenvalue weighted by atomic mass is 10.0. The van der Waals surface area contributed by atoms with E-state index in [-0.39, 0.29) is 6.10 Å². The van der Waals surface area contributed by atoms with Crippen LogP contribution in [0, 0.1) is 5.92 Å². The molecule has 0 saturated carbocycles.